The van der Waals surface area contributed by atoms with Crippen molar-refractivity contribution in [2.45, 2.75) is 52.1 Å². The first-order valence-electron chi connectivity index (χ1n) is 10.5. The number of nitrogens with zero attached hydrogens (tertiary/aromatic N) is 2. The Balaban J connectivity index is 1.68. The van der Waals surface area contributed by atoms with Crippen molar-refractivity contribution in [3.63, 3.8) is 0 Å². The van der Waals surface area contributed by atoms with Crippen LogP contribution >= 0.6 is 0 Å². The fraction of sp³-hybridized carbons (Fsp3) is 0.545. The van der Waals surface area contributed by atoms with E-state index in [-0.39, 0.29) is 24.0 Å². The molecule has 0 spiro atoms. The van der Waals surface area contributed by atoms with Crippen molar-refractivity contribution < 1.29 is 23.9 Å². The van der Waals surface area contributed by atoms with E-state index in [4.69, 9.17) is 4.74 Å². The van der Waals surface area contributed by atoms with Gasteiger partial charge in [-0.2, -0.15) is 0 Å². The van der Waals surface area contributed by atoms with Crippen LogP contribution in [0.15, 0.2) is 24.3 Å². The van der Waals surface area contributed by atoms with Crippen LogP contribution in [0.25, 0.3) is 0 Å². The average Bonchev–Trinajstić information content (AvgIpc) is 2.97. The molecule has 0 radical (unpaired) electrons. The van der Waals surface area contributed by atoms with Gasteiger partial charge in [-0.25, -0.2) is 4.79 Å². The second-order valence-corrected chi connectivity index (χ2v) is 8.14. The Labute approximate surface area is 176 Å². The van der Waals surface area contributed by atoms with E-state index >= 15 is 0 Å². The molecule has 0 aromatic heterocycles. The molecule has 30 heavy (non-hydrogen) atoms. The molecule has 1 aromatic rings. The first kappa shape index (κ1) is 21.8. The predicted octanol–water partition coefficient (Wildman–Crippen LogP) is 2.43. The van der Waals surface area contributed by atoms with E-state index in [2.05, 4.69) is 5.32 Å². The van der Waals surface area contributed by atoms with E-state index in [0.717, 1.165) is 4.90 Å². The zero-order chi connectivity index (χ0) is 21.8. The molecular formula is C22H29N3O5. The largest absolute Gasteiger partial charge is 0.450 e. The van der Waals surface area contributed by atoms with Crippen LogP contribution in [0.4, 0.5) is 4.79 Å². The highest BCUT2D eigenvalue weighted by atomic mass is 16.6. The summed E-state index contributed by atoms with van der Waals surface area (Å²) < 4.78 is 5.02. The number of hydrogen-bond donors (Lipinski definition) is 1. The van der Waals surface area contributed by atoms with Gasteiger partial charge in [0.25, 0.3) is 11.8 Å². The second kappa shape index (κ2) is 9.28. The Hall–Kier alpha value is -2.90. The lowest BCUT2D eigenvalue weighted by molar-refractivity contribution is -0.126. The quantitative estimate of drug-likeness (QED) is 0.720. The predicted molar refractivity (Wildman–Crippen MR) is 110 cm³/mol. The number of ether oxygens (including phenoxy) is 1. The highest BCUT2D eigenvalue weighted by molar-refractivity contribution is 6.22. The van der Waals surface area contributed by atoms with Gasteiger partial charge in [0, 0.05) is 19.1 Å². The number of carbonyl (C=O) groups excluding carboxylic acids is 4. The van der Waals surface area contributed by atoms with Crippen molar-refractivity contribution in [2.24, 2.45) is 5.92 Å². The number of piperidine rings is 1. The minimum atomic E-state index is -0.861. The van der Waals surface area contributed by atoms with E-state index in [1.54, 1.807) is 36.1 Å². The molecule has 4 amide bonds. The molecule has 1 fully saturated rings. The molecule has 2 aliphatic heterocycles. The molecule has 1 unspecified atom stereocenters. The summed E-state index contributed by atoms with van der Waals surface area (Å²) in [5, 5.41) is 3.00. The Bertz CT molecular complexity index is 795. The van der Waals surface area contributed by atoms with Crippen molar-refractivity contribution in [2.75, 3.05) is 19.7 Å². The zero-order valence-corrected chi connectivity index (χ0v) is 17.7. The van der Waals surface area contributed by atoms with Crippen LogP contribution in [-0.2, 0) is 9.53 Å². The smallest absolute Gasteiger partial charge is 0.409 e. The fourth-order valence-electron chi connectivity index (χ4n) is 3.99. The molecule has 0 bridgehead atoms. The number of imide groups is 1. The summed E-state index contributed by atoms with van der Waals surface area (Å²) in [6, 6.07) is 5.68. The third kappa shape index (κ3) is 4.47. The third-order valence-electron chi connectivity index (χ3n) is 5.50. The van der Waals surface area contributed by atoms with Gasteiger partial charge in [0.15, 0.2) is 0 Å². The van der Waals surface area contributed by atoms with Crippen LogP contribution in [0, 0.1) is 5.92 Å². The summed E-state index contributed by atoms with van der Waals surface area (Å²) in [5.41, 5.74) is 0.679. The molecule has 0 saturated carbocycles. The van der Waals surface area contributed by atoms with Crippen molar-refractivity contribution in [1.29, 1.82) is 0 Å². The number of likely N-dealkylation sites (tertiary alicyclic amines) is 1. The Morgan fingerprint density at radius 1 is 1.10 bits per heavy atom. The van der Waals surface area contributed by atoms with E-state index < -0.39 is 17.9 Å². The Kier molecular flexibility index (Phi) is 6.74. The first-order chi connectivity index (χ1) is 14.3. The zero-order valence-electron chi connectivity index (χ0n) is 17.7. The summed E-state index contributed by atoms with van der Waals surface area (Å²) in [4.78, 5) is 53.5. The maximum atomic E-state index is 13.1. The molecule has 8 heteroatoms. The van der Waals surface area contributed by atoms with Crippen LogP contribution in [0.2, 0.25) is 0 Å². The highest BCUT2D eigenvalue weighted by Crippen LogP contribution is 2.27. The van der Waals surface area contributed by atoms with Gasteiger partial charge in [-0.15, -0.1) is 0 Å². The minimum absolute atomic E-state index is 0.118. The van der Waals surface area contributed by atoms with Gasteiger partial charge < -0.3 is 15.0 Å². The van der Waals surface area contributed by atoms with Gasteiger partial charge in [0.1, 0.15) is 6.04 Å². The lowest BCUT2D eigenvalue weighted by atomic mass is 9.99. The van der Waals surface area contributed by atoms with E-state index in [1.165, 1.54) is 0 Å². The molecule has 8 nitrogen and oxygen atoms in total. The van der Waals surface area contributed by atoms with Gasteiger partial charge in [-0.3, -0.25) is 19.3 Å². The lowest BCUT2D eigenvalue weighted by Crippen LogP contribution is -2.54. The topological polar surface area (TPSA) is 96.0 Å². The number of carbonyl (C=O) groups is 4. The van der Waals surface area contributed by atoms with Crippen LogP contribution in [0.3, 0.4) is 0 Å². The lowest BCUT2D eigenvalue weighted by Gasteiger charge is -2.33. The summed E-state index contributed by atoms with van der Waals surface area (Å²) in [6.07, 6.45) is 1.24. The van der Waals surface area contributed by atoms with Gasteiger partial charge in [0.2, 0.25) is 5.91 Å². The molecule has 3 rings (SSSR count). The molecule has 1 aromatic carbocycles. The van der Waals surface area contributed by atoms with Gasteiger partial charge >= 0.3 is 6.09 Å². The Morgan fingerprint density at radius 2 is 1.67 bits per heavy atom. The maximum Gasteiger partial charge on any atom is 0.409 e. The van der Waals surface area contributed by atoms with E-state index in [0.29, 0.717) is 50.1 Å². The second-order valence-electron chi connectivity index (χ2n) is 8.14. The average molecular weight is 415 g/mol. The maximum absolute atomic E-state index is 13.1. The fourth-order valence-corrected chi connectivity index (χ4v) is 3.99. The van der Waals surface area contributed by atoms with E-state index in [1.807, 2.05) is 13.8 Å². The third-order valence-corrected chi connectivity index (χ3v) is 5.50. The normalized spacial score (nSPS) is 17.9. The molecule has 1 N–H and O–H groups in total. The van der Waals surface area contributed by atoms with Gasteiger partial charge in [-0.05, 0) is 44.2 Å². The van der Waals surface area contributed by atoms with Gasteiger partial charge in [-0.1, -0.05) is 26.0 Å². The number of amides is 4. The molecular weight excluding hydrogens is 386 g/mol. The number of rotatable bonds is 6. The number of nitrogens with one attached hydrogen (secondary N) is 1. The molecule has 2 aliphatic rings. The van der Waals surface area contributed by atoms with Crippen molar-refractivity contribution in [1.82, 2.24) is 15.1 Å². The molecule has 1 atom stereocenters. The monoisotopic (exact) mass is 415 g/mol. The standard InChI is InChI=1S/C22H29N3O5/c1-4-30-22(29)24-11-9-15(10-12-24)23-19(26)18(13-14(2)3)25-20(27)16-7-5-6-8-17(16)21(25)28/h5-8,14-15,18H,4,9-13H2,1-3H3,(H,23,26). The molecule has 0 aliphatic carbocycles. The summed E-state index contributed by atoms with van der Waals surface area (Å²) in [6.45, 7) is 6.98. The molecule has 2 heterocycles. The summed E-state index contributed by atoms with van der Waals surface area (Å²) in [7, 11) is 0. The van der Waals surface area contributed by atoms with Crippen LogP contribution in [0.5, 0.6) is 0 Å². The number of hydrogen-bond acceptors (Lipinski definition) is 5. The van der Waals surface area contributed by atoms with Crippen LogP contribution in [-0.4, -0.2) is 65.4 Å². The van der Waals surface area contributed by atoms with Gasteiger partial charge in [0.05, 0.1) is 17.7 Å². The molecule has 1 saturated heterocycles. The Morgan fingerprint density at radius 3 is 2.17 bits per heavy atom. The summed E-state index contributed by atoms with van der Waals surface area (Å²) in [5.74, 6) is -1.05. The highest BCUT2D eigenvalue weighted by Gasteiger charge is 2.43. The van der Waals surface area contributed by atoms with Crippen molar-refractivity contribution in [3.05, 3.63) is 35.4 Å². The summed E-state index contributed by atoms with van der Waals surface area (Å²) >= 11 is 0. The van der Waals surface area contributed by atoms with Crippen LogP contribution < -0.4 is 5.32 Å². The first-order valence-corrected chi connectivity index (χ1v) is 10.5. The number of benzene rings is 1. The van der Waals surface area contributed by atoms with Crippen molar-refractivity contribution >= 4 is 23.8 Å². The van der Waals surface area contributed by atoms with Crippen LogP contribution in [0.1, 0.15) is 60.7 Å². The van der Waals surface area contributed by atoms with E-state index in [9.17, 15) is 19.2 Å². The minimum Gasteiger partial charge on any atom is -0.450 e. The number of fused-ring (bicyclic) bond motifs is 1. The van der Waals surface area contributed by atoms with Crippen molar-refractivity contribution in [3.8, 4) is 0 Å². The molecule has 162 valence electrons. The SMILES string of the molecule is CCOC(=O)N1CCC(NC(=O)C(CC(C)C)N2C(=O)c3ccccc3C2=O)CC1.